The molecule has 3 aliphatic rings. The number of methoxy groups -OCH3 is 1. The summed E-state index contributed by atoms with van der Waals surface area (Å²) in [6.45, 7) is 8.48. The summed E-state index contributed by atoms with van der Waals surface area (Å²) >= 11 is 0. The van der Waals surface area contributed by atoms with E-state index < -0.39 is 29.6 Å². The maximum Gasteiger partial charge on any atom is 0.253 e. The van der Waals surface area contributed by atoms with E-state index in [4.69, 9.17) is 9.47 Å². The molecule has 3 aliphatic heterocycles. The number of para-hydroxylation sites is 1. The van der Waals surface area contributed by atoms with Gasteiger partial charge in [0.25, 0.3) is 5.91 Å². The largest absolute Gasteiger partial charge is 0.497 e. The summed E-state index contributed by atoms with van der Waals surface area (Å²) in [6, 6.07) is 15.6. The monoisotopic (exact) mass is 573 g/mol. The number of anilines is 2. The van der Waals surface area contributed by atoms with Gasteiger partial charge in [0.15, 0.2) is 0 Å². The first-order chi connectivity index (χ1) is 20.4. The second-order valence-electron chi connectivity index (χ2n) is 11.0. The number of ether oxygens (including phenoxy) is 2. The van der Waals surface area contributed by atoms with Gasteiger partial charge in [0, 0.05) is 37.6 Å². The third kappa shape index (κ3) is 5.01. The molecule has 1 spiro atoms. The average Bonchev–Trinajstić information content (AvgIpc) is 3.66. The molecular formula is C33H39N3O6. The molecule has 9 nitrogen and oxygen atoms in total. The van der Waals surface area contributed by atoms with Gasteiger partial charge >= 0.3 is 0 Å². The number of carbonyl (C=O) groups excluding carboxylic acids is 3. The first-order valence-electron chi connectivity index (χ1n) is 14.5. The lowest BCUT2D eigenvalue weighted by atomic mass is 9.70. The summed E-state index contributed by atoms with van der Waals surface area (Å²) < 4.78 is 11.9. The van der Waals surface area contributed by atoms with E-state index in [-0.39, 0.29) is 44.0 Å². The Hall–Kier alpha value is -3.95. The molecule has 3 amide bonds. The normalized spacial score (nSPS) is 25.7. The Labute approximate surface area is 247 Å². The van der Waals surface area contributed by atoms with E-state index >= 15 is 0 Å². The van der Waals surface area contributed by atoms with Crippen LogP contribution in [0.3, 0.4) is 0 Å². The number of carbonyl (C=O) groups is 3. The summed E-state index contributed by atoms with van der Waals surface area (Å²) in [6.07, 6.45) is 4.94. The fraction of sp³-hybridized carbons (Fsp3) is 0.424. The zero-order chi connectivity index (χ0) is 29.9. The van der Waals surface area contributed by atoms with Crippen molar-refractivity contribution in [3.63, 3.8) is 0 Å². The van der Waals surface area contributed by atoms with Crippen molar-refractivity contribution in [3.05, 3.63) is 79.9 Å². The van der Waals surface area contributed by atoms with Crippen molar-refractivity contribution in [2.24, 2.45) is 11.8 Å². The molecule has 2 aromatic rings. The number of unbranched alkanes of at least 4 members (excludes halogenated alkanes) is 1. The van der Waals surface area contributed by atoms with Crippen LogP contribution < -0.4 is 14.5 Å². The van der Waals surface area contributed by atoms with E-state index in [1.165, 1.54) is 0 Å². The molecule has 0 aliphatic carbocycles. The number of benzene rings is 2. The SMILES string of the molecule is C=CCN(C(=O)C1N(CCCCO)C(=O)[C@@H]2[C@@H](C(=O)N(CC=C)c3ccccc3)[C@H]3CCC12O3)c1ccc(OC)cc1. The Kier molecular flexibility index (Phi) is 8.80. The number of nitrogens with zero attached hydrogens (tertiary/aromatic N) is 3. The molecule has 1 N–H and O–H groups in total. The van der Waals surface area contributed by atoms with Gasteiger partial charge in [0.2, 0.25) is 11.8 Å². The van der Waals surface area contributed by atoms with E-state index in [2.05, 4.69) is 13.2 Å². The molecule has 5 atom stereocenters. The van der Waals surface area contributed by atoms with Crippen molar-refractivity contribution >= 4 is 29.1 Å². The summed E-state index contributed by atoms with van der Waals surface area (Å²) in [5.41, 5.74) is 0.235. The molecule has 3 fully saturated rings. The molecule has 0 aromatic heterocycles. The van der Waals surface area contributed by atoms with Gasteiger partial charge in [0.05, 0.1) is 25.0 Å². The Morgan fingerprint density at radius 3 is 2.29 bits per heavy atom. The van der Waals surface area contributed by atoms with E-state index in [1.54, 1.807) is 58.2 Å². The van der Waals surface area contributed by atoms with Crippen LogP contribution in [0.2, 0.25) is 0 Å². The van der Waals surface area contributed by atoms with Crippen LogP contribution in [0.25, 0.3) is 0 Å². The topological polar surface area (TPSA) is 99.6 Å². The van der Waals surface area contributed by atoms with Crippen LogP contribution in [-0.2, 0) is 19.1 Å². The third-order valence-electron chi connectivity index (χ3n) is 8.73. The number of aliphatic hydroxyl groups is 1. The van der Waals surface area contributed by atoms with Crippen LogP contribution in [-0.4, -0.2) is 78.8 Å². The summed E-state index contributed by atoms with van der Waals surface area (Å²) in [5.74, 6) is -1.58. The number of rotatable bonds is 13. The van der Waals surface area contributed by atoms with Gasteiger partial charge in [0.1, 0.15) is 17.4 Å². The molecular weight excluding hydrogens is 534 g/mol. The Morgan fingerprint density at radius 1 is 1.02 bits per heavy atom. The minimum Gasteiger partial charge on any atom is -0.497 e. The Balaban J connectivity index is 1.54. The van der Waals surface area contributed by atoms with Gasteiger partial charge in [-0.15, -0.1) is 13.2 Å². The van der Waals surface area contributed by atoms with Crippen LogP contribution in [0.1, 0.15) is 25.7 Å². The number of aliphatic hydroxyl groups excluding tert-OH is 1. The van der Waals surface area contributed by atoms with Gasteiger partial charge < -0.3 is 29.3 Å². The van der Waals surface area contributed by atoms with Gasteiger partial charge in [-0.2, -0.15) is 0 Å². The highest BCUT2D eigenvalue weighted by Crippen LogP contribution is 2.59. The molecule has 3 heterocycles. The van der Waals surface area contributed by atoms with E-state index in [0.717, 1.165) is 0 Å². The van der Waals surface area contributed by atoms with Gasteiger partial charge in [-0.05, 0) is 62.1 Å². The molecule has 0 saturated carbocycles. The number of fused-ring (bicyclic) bond motifs is 1. The van der Waals surface area contributed by atoms with Crippen molar-refractivity contribution in [2.45, 2.75) is 43.4 Å². The summed E-state index contributed by atoms with van der Waals surface area (Å²) in [5, 5.41) is 9.45. The van der Waals surface area contributed by atoms with E-state index in [1.807, 2.05) is 30.3 Å². The fourth-order valence-corrected chi connectivity index (χ4v) is 6.95. The summed E-state index contributed by atoms with van der Waals surface area (Å²) in [4.78, 5) is 48.0. The lowest BCUT2D eigenvalue weighted by Gasteiger charge is -2.37. The van der Waals surface area contributed by atoms with Gasteiger partial charge in [-0.25, -0.2) is 0 Å². The molecule has 9 heteroatoms. The maximum absolute atomic E-state index is 14.6. The number of hydrogen-bond acceptors (Lipinski definition) is 6. The Bertz CT molecular complexity index is 1310. The van der Waals surface area contributed by atoms with Crippen LogP contribution >= 0.6 is 0 Å². The second kappa shape index (κ2) is 12.5. The second-order valence-corrected chi connectivity index (χ2v) is 11.0. The smallest absolute Gasteiger partial charge is 0.253 e. The summed E-state index contributed by atoms with van der Waals surface area (Å²) in [7, 11) is 1.58. The van der Waals surface area contributed by atoms with Crippen molar-refractivity contribution in [1.29, 1.82) is 0 Å². The molecule has 5 rings (SSSR count). The highest BCUT2D eigenvalue weighted by atomic mass is 16.5. The maximum atomic E-state index is 14.6. The fourth-order valence-electron chi connectivity index (χ4n) is 6.95. The minimum atomic E-state index is -1.12. The van der Waals surface area contributed by atoms with E-state index in [9.17, 15) is 19.5 Å². The molecule has 42 heavy (non-hydrogen) atoms. The number of hydrogen-bond donors (Lipinski definition) is 1. The van der Waals surface area contributed by atoms with Crippen molar-refractivity contribution < 1.29 is 29.0 Å². The average molecular weight is 574 g/mol. The van der Waals surface area contributed by atoms with Crippen LogP contribution in [0, 0.1) is 11.8 Å². The standard InChI is InChI=1S/C33H39N3O6/c1-4-19-34(23-11-7-6-8-12-23)30(38)27-26-17-18-33(42-26)28(27)31(39)36(21-9-10-22-37)29(33)32(40)35(20-5-2)24-13-15-25(41-3)16-14-24/h4-8,11-16,26-29,37H,1-2,9-10,17-22H2,3H3/t26-,27+,28+,29?,33?/m1/s1. The van der Waals surface area contributed by atoms with Gasteiger partial charge in [-0.1, -0.05) is 30.4 Å². The minimum absolute atomic E-state index is 0.0169. The number of amides is 3. The molecule has 2 aromatic carbocycles. The molecule has 2 bridgehead atoms. The Morgan fingerprint density at radius 2 is 1.67 bits per heavy atom. The number of likely N-dealkylation sites (tertiary alicyclic amines) is 1. The van der Waals surface area contributed by atoms with Crippen LogP contribution in [0.15, 0.2) is 79.9 Å². The van der Waals surface area contributed by atoms with Crippen molar-refractivity contribution in [3.8, 4) is 5.75 Å². The lowest BCUT2D eigenvalue weighted by Crippen LogP contribution is -2.56. The van der Waals surface area contributed by atoms with Crippen LogP contribution in [0.5, 0.6) is 5.75 Å². The van der Waals surface area contributed by atoms with Crippen LogP contribution in [0.4, 0.5) is 11.4 Å². The van der Waals surface area contributed by atoms with Crippen molar-refractivity contribution in [2.75, 3.05) is 43.2 Å². The molecule has 3 saturated heterocycles. The van der Waals surface area contributed by atoms with Crippen molar-refractivity contribution in [1.82, 2.24) is 4.90 Å². The molecule has 2 unspecified atom stereocenters. The highest BCUT2D eigenvalue weighted by molar-refractivity contribution is 6.06. The first-order valence-corrected chi connectivity index (χ1v) is 14.5. The molecule has 222 valence electrons. The lowest BCUT2D eigenvalue weighted by molar-refractivity contribution is -0.140. The third-order valence-corrected chi connectivity index (χ3v) is 8.73. The zero-order valence-electron chi connectivity index (χ0n) is 24.1. The highest BCUT2D eigenvalue weighted by Gasteiger charge is 2.74. The molecule has 0 radical (unpaired) electrons. The van der Waals surface area contributed by atoms with E-state index in [0.29, 0.717) is 42.8 Å². The predicted octanol–water partition coefficient (Wildman–Crippen LogP) is 3.58. The van der Waals surface area contributed by atoms with Gasteiger partial charge in [-0.3, -0.25) is 14.4 Å². The quantitative estimate of drug-likeness (QED) is 0.291. The zero-order valence-corrected chi connectivity index (χ0v) is 24.1. The first kappa shape index (κ1) is 29.5. The predicted molar refractivity (Wildman–Crippen MR) is 160 cm³/mol.